The van der Waals surface area contributed by atoms with Crippen molar-refractivity contribution in [3.05, 3.63) is 0 Å². The summed E-state index contributed by atoms with van der Waals surface area (Å²) in [6.07, 6.45) is 0. The Hall–Kier alpha value is -0.910. The van der Waals surface area contributed by atoms with Gasteiger partial charge >= 0.3 is 12.0 Å². The SMILES string of the molecule is CC1(C)C(CNC(=O)N2CCSCC2C(=O)O)C1(C)C. The number of carboxylic acid groups (broad SMARTS) is 1. The van der Waals surface area contributed by atoms with E-state index in [-0.39, 0.29) is 16.9 Å². The zero-order valence-corrected chi connectivity index (χ0v) is 13.4. The third-order valence-corrected chi connectivity index (χ3v) is 6.47. The Morgan fingerprint density at radius 1 is 1.30 bits per heavy atom. The van der Waals surface area contributed by atoms with Gasteiger partial charge in [0.1, 0.15) is 6.04 Å². The van der Waals surface area contributed by atoms with Gasteiger partial charge < -0.3 is 15.3 Å². The summed E-state index contributed by atoms with van der Waals surface area (Å²) in [5.41, 5.74) is 0.453. The molecule has 0 bridgehead atoms. The van der Waals surface area contributed by atoms with Crippen molar-refractivity contribution in [1.82, 2.24) is 10.2 Å². The molecule has 0 aromatic rings. The van der Waals surface area contributed by atoms with Crippen LogP contribution in [0, 0.1) is 16.7 Å². The number of carbonyl (C=O) groups is 2. The second-order valence-electron chi connectivity index (χ2n) is 6.80. The number of thioether (sulfide) groups is 1. The highest BCUT2D eigenvalue weighted by molar-refractivity contribution is 7.99. The van der Waals surface area contributed by atoms with Crippen LogP contribution in [0.1, 0.15) is 27.7 Å². The maximum atomic E-state index is 12.2. The van der Waals surface area contributed by atoms with Gasteiger partial charge in [-0.05, 0) is 16.7 Å². The predicted octanol–water partition coefficient (Wildman–Crippen LogP) is 1.88. The summed E-state index contributed by atoms with van der Waals surface area (Å²) < 4.78 is 0. The van der Waals surface area contributed by atoms with Gasteiger partial charge in [-0.3, -0.25) is 0 Å². The molecule has 6 heteroatoms. The number of amides is 2. The molecular weight excluding hydrogens is 276 g/mol. The van der Waals surface area contributed by atoms with E-state index in [2.05, 4.69) is 33.0 Å². The fraction of sp³-hybridized carbons (Fsp3) is 0.857. The normalized spacial score (nSPS) is 28.0. The molecule has 1 aliphatic carbocycles. The second kappa shape index (κ2) is 5.13. The molecule has 5 nitrogen and oxygen atoms in total. The average Bonchev–Trinajstić information content (AvgIpc) is 2.76. The van der Waals surface area contributed by atoms with Crippen LogP contribution in [0.15, 0.2) is 0 Å². The van der Waals surface area contributed by atoms with Gasteiger partial charge in [-0.1, -0.05) is 27.7 Å². The topological polar surface area (TPSA) is 69.6 Å². The first kappa shape index (κ1) is 15.5. The van der Waals surface area contributed by atoms with Crippen molar-refractivity contribution in [3.8, 4) is 0 Å². The molecule has 20 heavy (non-hydrogen) atoms. The standard InChI is InChI=1S/C14H24N2O3S/c1-13(2)10(14(13,3)4)7-15-12(19)16-5-6-20-8-9(16)11(17)18/h9-10H,5-8H2,1-4H3,(H,15,19)(H,17,18). The number of aliphatic carboxylic acids is 1. The second-order valence-corrected chi connectivity index (χ2v) is 7.95. The van der Waals surface area contributed by atoms with E-state index in [4.69, 9.17) is 0 Å². The van der Waals surface area contributed by atoms with Gasteiger partial charge in [-0.15, -0.1) is 0 Å². The van der Waals surface area contributed by atoms with Gasteiger partial charge in [-0.25, -0.2) is 9.59 Å². The summed E-state index contributed by atoms with van der Waals surface area (Å²) in [5, 5.41) is 12.1. The van der Waals surface area contributed by atoms with Crippen molar-refractivity contribution in [1.29, 1.82) is 0 Å². The number of rotatable bonds is 3. The monoisotopic (exact) mass is 300 g/mol. The largest absolute Gasteiger partial charge is 0.480 e. The molecule has 1 saturated carbocycles. The number of nitrogens with zero attached hydrogens (tertiary/aromatic N) is 1. The number of carbonyl (C=O) groups excluding carboxylic acids is 1. The Balaban J connectivity index is 1.90. The van der Waals surface area contributed by atoms with Crippen molar-refractivity contribution in [2.24, 2.45) is 16.7 Å². The van der Waals surface area contributed by atoms with Gasteiger partial charge in [0, 0.05) is 24.6 Å². The molecule has 2 rings (SSSR count). The van der Waals surface area contributed by atoms with Crippen LogP contribution in [0.2, 0.25) is 0 Å². The van der Waals surface area contributed by atoms with Gasteiger partial charge in [0.25, 0.3) is 0 Å². The first-order valence-electron chi connectivity index (χ1n) is 7.04. The quantitative estimate of drug-likeness (QED) is 0.835. The van der Waals surface area contributed by atoms with Crippen LogP contribution in [0.3, 0.4) is 0 Å². The molecule has 0 spiro atoms. The summed E-state index contributed by atoms with van der Waals surface area (Å²) in [7, 11) is 0. The van der Waals surface area contributed by atoms with Crippen molar-refractivity contribution in [3.63, 3.8) is 0 Å². The zero-order chi connectivity index (χ0) is 15.1. The van der Waals surface area contributed by atoms with E-state index in [1.807, 2.05) is 0 Å². The smallest absolute Gasteiger partial charge is 0.327 e. The molecule has 1 atom stereocenters. The molecule has 2 aliphatic rings. The van der Waals surface area contributed by atoms with Crippen molar-refractivity contribution < 1.29 is 14.7 Å². The maximum Gasteiger partial charge on any atom is 0.327 e. The molecule has 2 amide bonds. The predicted molar refractivity (Wildman–Crippen MR) is 79.9 cm³/mol. The Morgan fingerprint density at radius 3 is 2.40 bits per heavy atom. The van der Waals surface area contributed by atoms with Gasteiger partial charge in [0.2, 0.25) is 0 Å². The first-order valence-corrected chi connectivity index (χ1v) is 8.20. The van der Waals surface area contributed by atoms with Crippen molar-refractivity contribution in [2.45, 2.75) is 33.7 Å². The minimum absolute atomic E-state index is 0.226. The lowest BCUT2D eigenvalue weighted by molar-refractivity contribution is -0.141. The van der Waals surface area contributed by atoms with E-state index in [9.17, 15) is 14.7 Å². The summed E-state index contributed by atoms with van der Waals surface area (Å²) in [6.45, 7) is 9.96. The van der Waals surface area contributed by atoms with E-state index in [1.165, 1.54) is 4.90 Å². The molecule has 1 saturated heterocycles. The molecule has 2 N–H and O–H groups in total. The highest BCUT2D eigenvalue weighted by Gasteiger charge is 2.64. The first-order chi connectivity index (χ1) is 9.19. The number of hydrogen-bond acceptors (Lipinski definition) is 3. The fourth-order valence-corrected chi connectivity index (χ4v) is 4.22. The average molecular weight is 300 g/mol. The van der Waals surface area contributed by atoms with E-state index >= 15 is 0 Å². The molecule has 2 fully saturated rings. The number of hydrogen-bond donors (Lipinski definition) is 2. The highest BCUT2D eigenvalue weighted by Crippen LogP contribution is 2.67. The summed E-state index contributed by atoms with van der Waals surface area (Å²) >= 11 is 1.59. The number of carboxylic acids is 1. The van der Waals surface area contributed by atoms with Crippen LogP contribution in [0.5, 0.6) is 0 Å². The van der Waals surface area contributed by atoms with E-state index in [1.54, 1.807) is 11.8 Å². The highest BCUT2D eigenvalue weighted by atomic mass is 32.2. The minimum Gasteiger partial charge on any atom is -0.480 e. The lowest BCUT2D eigenvalue weighted by Gasteiger charge is -2.32. The molecule has 0 aromatic carbocycles. The minimum atomic E-state index is -0.917. The Bertz CT molecular complexity index is 409. The summed E-state index contributed by atoms with van der Waals surface area (Å²) in [6, 6.07) is -0.940. The molecule has 114 valence electrons. The Kier molecular flexibility index (Phi) is 3.97. The molecule has 1 aliphatic heterocycles. The lowest BCUT2D eigenvalue weighted by Crippen LogP contribution is -2.54. The van der Waals surface area contributed by atoms with Crippen molar-refractivity contribution in [2.75, 3.05) is 24.6 Å². The zero-order valence-electron chi connectivity index (χ0n) is 12.6. The number of urea groups is 1. The third kappa shape index (κ3) is 2.50. The van der Waals surface area contributed by atoms with Gasteiger partial charge in [0.05, 0.1) is 0 Å². The molecular formula is C14H24N2O3S. The third-order valence-electron chi connectivity index (χ3n) is 5.45. The summed E-state index contributed by atoms with van der Waals surface area (Å²) in [5.74, 6) is 0.807. The van der Waals surface area contributed by atoms with Crippen LogP contribution in [-0.2, 0) is 4.79 Å². The van der Waals surface area contributed by atoms with E-state index in [0.29, 0.717) is 24.8 Å². The van der Waals surface area contributed by atoms with E-state index in [0.717, 1.165) is 5.75 Å². The lowest BCUT2D eigenvalue weighted by atomic mass is 10.0. The molecule has 0 aromatic heterocycles. The Labute approximate surface area is 124 Å². The molecule has 1 heterocycles. The van der Waals surface area contributed by atoms with Crippen LogP contribution < -0.4 is 5.32 Å². The molecule has 1 unspecified atom stereocenters. The Morgan fingerprint density at radius 2 is 1.90 bits per heavy atom. The molecule has 0 radical (unpaired) electrons. The van der Waals surface area contributed by atoms with E-state index < -0.39 is 12.0 Å². The number of nitrogens with one attached hydrogen (secondary N) is 1. The van der Waals surface area contributed by atoms with Crippen LogP contribution in [0.25, 0.3) is 0 Å². The van der Waals surface area contributed by atoms with Crippen LogP contribution >= 0.6 is 11.8 Å². The fourth-order valence-electron chi connectivity index (χ4n) is 3.19. The van der Waals surface area contributed by atoms with Gasteiger partial charge in [-0.2, -0.15) is 11.8 Å². The maximum absolute atomic E-state index is 12.2. The van der Waals surface area contributed by atoms with Crippen molar-refractivity contribution >= 4 is 23.8 Å². The van der Waals surface area contributed by atoms with Crippen LogP contribution in [0.4, 0.5) is 4.79 Å². The van der Waals surface area contributed by atoms with Gasteiger partial charge in [0.15, 0.2) is 0 Å². The summed E-state index contributed by atoms with van der Waals surface area (Å²) in [4.78, 5) is 24.9. The van der Waals surface area contributed by atoms with Crippen LogP contribution in [-0.4, -0.2) is 52.6 Å².